The van der Waals surface area contributed by atoms with Gasteiger partial charge in [-0.25, -0.2) is 4.79 Å². The van der Waals surface area contributed by atoms with E-state index in [1.165, 1.54) is 0 Å². The number of aliphatic carboxylic acids is 1. The number of carbonyl (C=O) groups excluding carboxylic acids is 2. The Hall–Kier alpha value is -2.07. The molecule has 1 aromatic rings. The molecule has 1 aliphatic heterocycles. The number of ether oxygens (including phenoxy) is 1. The van der Waals surface area contributed by atoms with Gasteiger partial charge in [-0.2, -0.15) is 0 Å². The first-order valence-electron chi connectivity index (χ1n) is 8.15. The molecule has 1 saturated heterocycles. The topological polar surface area (TPSA) is 134 Å². The number of nitrogens with zero attached hydrogens (tertiary/aromatic N) is 1. The Morgan fingerprint density at radius 3 is 2.33 bits per heavy atom. The highest BCUT2D eigenvalue weighted by atomic mass is 35.5. The van der Waals surface area contributed by atoms with Crippen LogP contribution in [0.15, 0.2) is 12.1 Å². The summed E-state index contributed by atoms with van der Waals surface area (Å²) in [6.07, 6.45) is 0. The summed E-state index contributed by atoms with van der Waals surface area (Å²) in [5.74, 6) is -2.62. The van der Waals surface area contributed by atoms with Gasteiger partial charge in [0, 0.05) is 25.3 Å². The number of carboxylic acid groups (broad SMARTS) is 1. The average Bonchev–Trinajstić information content (AvgIpc) is 2.64. The highest BCUT2D eigenvalue weighted by molar-refractivity contribution is 6.40. The van der Waals surface area contributed by atoms with Crippen LogP contribution in [0.3, 0.4) is 0 Å². The second-order valence-corrected chi connectivity index (χ2v) is 6.57. The fraction of sp³-hybridized carbons (Fsp3) is 0.438. The van der Waals surface area contributed by atoms with Crippen molar-refractivity contribution < 1.29 is 24.2 Å². The minimum absolute atomic E-state index is 0.0354. The smallest absolute Gasteiger partial charge is 0.328 e. The van der Waals surface area contributed by atoms with Crippen LogP contribution < -0.4 is 21.3 Å². The molecular weight excluding hydrogens is 399 g/mol. The van der Waals surface area contributed by atoms with Gasteiger partial charge in [0.2, 0.25) is 5.91 Å². The number of morpholine rings is 1. The molecule has 0 aromatic heterocycles. The quantitative estimate of drug-likeness (QED) is 0.492. The summed E-state index contributed by atoms with van der Waals surface area (Å²) < 4.78 is 5.29. The largest absolute Gasteiger partial charge is 0.480 e. The van der Waals surface area contributed by atoms with Crippen LogP contribution in [0.1, 0.15) is 10.4 Å². The molecule has 0 radical (unpaired) electrons. The predicted molar refractivity (Wildman–Crippen MR) is 100 cm³/mol. The molecule has 5 N–H and O–H groups in total. The van der Waals surface area contributed by atoms with Gasteiger partial charge in [0.25, 0.3) is 5.91 Å². The summed E-state index contributed by atoms with van der Waals surface area (Å²) in [5.41, 5.74) is 5.86. The van der Waals surface area contributed by atoms with Crippen molar-refractivity contribution in [2.75, 3.05) is 44.3 Å². The SMILES string of the molecule is NCC(=O)NCC(NC(=O)c1c(Cl)cc(N2CCOCC2)cc1Cl)C(=O)O. The van der Waals surface area contributed by atoms with E-state index in [0.717, 1.165) is 5.69 Å². The molecule has 9 nitrogen and oxygen atoms in total. The van der Waals surface area contributed by atoms with E-state index in [-0.39, 0.29) is 28.7 Å². The Labute approximate surface area is 165 Å². The predicted octanol–water partition coefficient (Wildman–Crippen LogP) is 0.0879. The normalized spacial score (nSPS) is 15.1. The van der Waals surface area contributed by atoms with Crippen LogP contribution in [-0.2, 0) is 14.3 Å². The van der Waals surface area contributed by atoms with Gasteiger partial charge in [0.15, 0.2) is 0 Å². The van der Waals surface area contributed by atoms with E-state index in [2.05, 4.69) is 10.6 Å². The van der Waals surface area contributed by atoms with Gasteiger partial charge in [-0.05, 0) is 12.1 Å². The van der Waals surface area contributed by atoms with Crippen molar-refractivity contribution in [2.24, 2.45) is 5.73 Å². The lowest BCUT2D eigenvalue weighted by Gasteiger charge is -2.29. The Morgan fingerprint density at radius 1 is 1.22 bits per heavy atom. The summed E-state index contributed by atoms with van der Waals surface area (Å²) in [5, 5.41) is 14.0. The first-order chi connectivity index (χ1) is 12.8. The third kappa shape index (κ3) is 5.70. The number of carboxylic acids is 1. The van der Waals surface area contributed by atoms with E-state index < -0.39 is 23.8 Å². The van der Waals surface area contributed by atoms with E-state index >= 15 is 0 Å². The van der Waals surface area contributed by atoms with Gasteiger partial charge in [-0.15, -0.1) is 0 Å². The average molecular weight is 419 g/mol. The van der Waals surface area contributed by atoms with E-state index in [9.17, 15) is 19.5 Å². The molecule has 0 bridgehead atoms. The first-order valence-corrected chi connectivity index (χ1v) is 8.91. The Balaban J connectivity index is 2.14. The van der Waals surface area contributed by atoms with Crippen molar-refractivity contribution in [1.29, 1.82) is 0 Å². The minimum Gasteiger partial charge on any atom is -0.480 e. The second-order valence-electron chi connectivity index (χ2n) is 5.76. The Kier molecular flexibility index (Phi) is 7.66. The van der Waals surface area contributed by atoms with Crippen LogP contribution in [0, 0.1) is 0 Å². The lowest BCUT2D eigenvalue weighted by Crippen LogP contribution is -2.49. The van der Waals surface area contributed by atoms with Crippen molar-refractivity contribution in [3.05, 3.63) is 27.7 Å². The molecule has 1 atom stereocenters. The molecule has 148 valence electrons. The summed E-state index contributed by atoms with van der Waals surface area (Å²) in [6.45, 7) is 1.87. The van der Waals surface area contributed by atoms with Gasteiger partial charge in [-0.3, -0.25) is 9.59 Å². The minimum atomic E-state index is -1.36. The second kappa shape index (κ2) is 9.75. The molecule has 1 aliphatic rings. The Bertz CT molecular complexity index is 702. The van der Waals surface area contributed by atoms with Crippen molar-refractivity contribution in [3.63, 3.8) is 0 Å². The molecule has 1 fully saturated rings. The van der Waals surface area contributed by atoms with E-state index in [1.807, 2.05) is 4.90 Å². The van der Waals surface area contributed by atoms with Crippen LogP contribution in [-0.4, -0.2) is 68.3 Å². The molecule has 0 aliphatic carbocycles. The van der Waals surface area contributed by atoms with Gasteiger partial charge in [0.1, 0.15) is 6.04 Å². The summed E-state index contributed by atoms with van der Waals surface area (Å²) >= 11 is 12.4. The molecule has 1 heterocycles. The molecular formula is C16H20Cl2N4O5. The maximum absolute atomic E-state index is 12.5. The number of rotatable bonds is 7. The summed E-state index contributed by atoms with van der Waals surface area (Å²) in [7, 11) is 0. The van der Waals surface area contributed by atoms with Crippen molar-refractivity contribution in [1.82, 2.24) is 10.6 Å². The fourth-order valence-corrected chi connectivity index (χ4v) is 3.15. The monoisotopic (exact) mass is 418 g/mol. The zero-order valence-electron chi connectivity index (χ0n) is 14.3. The van der Waals surface area contributed by atoms with Gasteiger partial charge >= 0.3 is 5.97 Å². The van der Waals surface area contributed by atoms with Crippen molar-refractivity contribution >= 4 is 46.7 Å². The maximum Gasteiger partial charge on any atom is 0.328 e. The third-order valence-electron chi connectivity index (χ3n) is 3.92. The molecule has 11 heteroatoms. The zero-order valence-corrected chi connectivity index (χ0v) is 15.8. The lowest BCUT2D eigenvalue weighted by atomic mass is 10.1. The number of halogens is 2. The van der Waals surface area contributed by atoms with E-state index in [1.54, 1.807) is 12.1 Å². The number of anilines is 1. The number of amides is 2. The molecule has 2 rings (SSSR count). The summed E-state index contributed by atoms with van der Waals surface area (Å²) in [6, 6.07) is 1.83. The van der Waals surface area contributed by atoms with Gasteiger partial charge in [0.05, 0.1) is 35.4 Å². The van der Waals surface area contributed by atoms with E-state index in [0.29, 0.717) is 26.3 Å². The van der Waals surface area contributed by atoms with Gasteiger partial charge < -0.3 is 31.1 Å². The number of nitrogens with two attached hydrogens (primary N) is 1. The number of carbonyl (C=O) groups is 3. The number of benzene rings is 1. The molecule has 0 saturated carbocycles. The van der Waals surface area contributed by atoms with Crippen LogP contribution in [0.4, 0.5) is 5.69 Å². The molecule has 2 amide bonds. The van der Waals surface area contributed by atoms with Crippen molar-refractivity contribution in [3.8, 4) is 0 Å². The van der Waals surface area contributed by atoms with Crippen LogP contribution in [0.5, 0.6) is 0 Å². The highest BCUT2D eigenvalue weighted by Crippen LogP contribution is 2.31. The van der Waals surface area contributed by atoms with Crippen LogP contribution in [0.2, 0.25) is 10.0 Å². The molecule has 1 aromatic carbocycles. The zero-order chi connectivity index (χ0) is 20.0. The standard InChI is InChI=1S/C16H20Cl2N4O5/c17-10-5-9(22-1-3-27-4-2-22)6-11(18)14(10)15(24)21-12(16(25)26)8-20-13(23)7-19/h5-6,12H,1-4,7-8,19H2,(H,20,23)(H,21,24)(H,25,26). The number of hydrogen-bond donors (Lipinski definition) is 4. The molecule has 27 heavy (non-hydrogen) atoms. The van der Waals surface area contributed by atoms with Crippen LogP contribution >= 0.6 is 23.2 Å². The number of nitrogens with one attached hydrogen (secondary N) is 2. The molecule has 0 spiro atoms. The maximum atomic E-state index is 12.5. The first kappa shape index (κ1) is 21.2. The van der Waals surface area contributed by atoms with E-state index in [4.69, 9.17) is 33.7 Å². The lowest BCUT2D eigenvalue weighted by molar-refractivity contribution is -0.139. The number of hydrogen-bond acceptors (Lipinski definition) is 6. The van der Waals surface area contributed by atoms with Crippen molar-refractivity contribution in [2.45, 2.75) is 6.04 Å². The third-order valence-corrected chi connectivity index (χ3v) is 4.52. The molecule has 1 unspecified atom stereocenters. The van der Waals surface area contributed by atoms with Crippen LogP contribution in [0.25, 0.3) is 0 Å². The highest BCUT2D eigenvalue weighted by Gasteiger charge is 2.25. The summed E-state index contributed by atoms with van der Waals surface area (Å²) in [4.78, 5) is 37.0. The fourth-order valence-electron chi connectivity index (χ4n) is 2.50. The Morgan fingerprint density at radius 2 is 1.81 bits per heavy atom. The van der Waals surface area contributed by atoms with Gasteiger partial charge in [-0.1, -0.05) is 23.2 Å².